The number of aromatic carboxylic acids is 1. The number of carbonyl (C=O) groups is 1. The van der Waals surface area contributed by atoms with Gasteiger partial charge in [0.2, 0.25) is 0 Å². The molecule has 110 valence electrons. The number of halogens is 2. The SMILES string of the molecule is CC(NCc1ccc(C(=O)O)cc1Br)c1ccccc1F. The maximum Gasteiger partial charge on any atom is 0.335 e. The van der Waals surface area contributed by atoms with Gasteiger partial charge in [0.25, 0.3) is 0 Å². The van der Waals surface area contributed by atoms with Gasteiger partial charge in [-0.2, -0.15) is 0 Å². The lowest BCUT2D eigenvalue weighted by Crippen LogP contribution is -2.19. The molecule has 0 heterocycles. The summed E-state index contributed by atoms with van der Waals surface area (Å²) in [7, 11) is 0. The van der Waals surface area contributed by atoms with E-state index < -0.39 is 5.97 Å². The van der Waals surface area contributed by atoms with Crippen LogP contribution in [0.15, 0.2) is 46.9 Å². The molecule has 0 aliphatic heterocycles. The van der Waals surface area contributed by atoms with E-state index in [1.54, 1.807) is 36.4 Å². The second kappa shape index (κ2) is 6.83. The molecule has 0 amide bonds. The highest BCUT2D eigenvalue weighted by Crippen LogP contribution is 2.21. The quantitative estimate of drug-likeness (QED) is 0.851. The molecule has 0 aromatic heterocycles. The fourth-order valence-corrected chi connectivity index (χ4v) is 2.54. The Morgan fingerprint density at radius 3 is 2.67 bits per heavy atom. The number of rotatable bonds is 5. The van der Waals surface area contributed by atoms with Crippen molar-refractivity contribution < 1.29 is 14.3 Å². The Morgan fingerprint density at radius 2 is 2.05 bits per heavy atom. The van der Waals surface area contributed by atoms with E-state index in [-0.39, 0.29) is 17.4 Å². The molecule has 1 unspecified atom stereocenters. The predicted molar refractivity (Wildman–Crippen MR) is 82.8 cm³/mol. The summed E-state index contributed by atoms with van der Waals surface area (Å²) < 4.78 is 14.4. The average molecular weight is 352 g/mol. The predicted octanol–water partition coefficient (Wildman–Crippen LogP) is 4.14. The number of hydrogen-bond acceptors (Lipinski definition) is 2. The van der Waals surface area contributed by atoms with Crippen LogP contribution < -0.4 is 5.32 Å². The molecule has 1 atom stereocenters. The summed E-state index contributed by atoms with van der Waals surface area (Å²) in [5.41, 5.74) is 1.76. The van der Waals surface area contributed by atoms with E-state index in [4.69, 9.17) is 5.11 Å². The molecule has 0 saturated carbocycles. The molecule has 0 radical (unpaired) electrons. The van der Waals surface area contributed by atoms with Crippen LogP contribution in [0.25, 0.3) is 0 Å². The lowest BCUT2D eigenvalue weighted by Gasteiger charge is -2.16. The third kappa shape index (κ3) is 3.89. The Balaban J connectivity index is 2.06. The first-order chi connectivity index (χ1) is 9.99. The average Bonchev–Trinajstić information content (AvgIpc) is 2.46. The summed E-state index contributed by atoms with van der Waals surface area (Å²) in [6.45, 7) is 2.40. The van der Waals surface area contributed by atoms with E-state index in [2.05, 4.69) is 21.2 Å². The van der Waals surface area contributed by atoms with Gasteiger partial charge in [-0.05, 0) is 30.7 Å². The third-order valence-corrected chi connectivity index (χ3v) is 4.01. The molecule has 0 aliphatic rings. The van der Waals surface area contributed by atoms with Crippen molar-refractivity contribution >= 4 is 21.9 Å². The number of carboxylic acids is 1. The lowest BCUT2D eigenvalue weighted by atomic mass is 10.1. The molecule has 21 heavy (non-hydrogen) atoms. The van der Waals surface area contributed by atoms with E-state index in [9.17, 15) is 9.18 Å². The topological polar surface area (TPSA) is 49.3 Å². The van der Waals surface area contributed by atoms with Gasteiger partial charge in [0.05, 0.1) is 5.56 Å². The van der Waals surface area contributed by atoms with Crippen LogP contribution in [0, 0.1) is 5.82 Å². The molecule has 0 bridgehead atoms. The molecule has 0 fully saturated rings. The largest absolute Gasteiger partial charge is 0.478 e. The molecule has 3 nitrogen and oxygen atoms in total. The number of nitrogens with one attached hydrogen (secondary N) is 1. The number of carboxylic acid groups (broad SMARTS) is 1. The minimum atomic E-state index is -0.963. The van der Waals surface area contributed by atoms with Gasteiger partial charge in [0.1, 0.15) is 5.82 Å². The zero-order valence-corrected chi connectivity index (χ0v) is 13.0. The van der Waals surface area contributed by atoms with Gasteiger partial charge < -0.3 is 10.4 Å². The minimum Gasteiger partial charge on any atom is -0.478 e. The second-order valence-electron chi connectivity index (χ2n) is 4.74. The molecular formula is C16H15BrFNO2. The Hall–Kier alpha value is -1.72. The Morgan fingerprint density at radius 1 is 1.33 bits per heavy atom. The van der Waals surface area contributed by atoms with E-state index in [1.807, 2.05) is 6.92 Å². The normalized spacial score (nSPS) is 12.1. The smallest absolute Gasteiger partial charge is 0.335 e. The van der Waals surface area contributed by atoms with Gasteiger partial charge >= 0.3 is 5.97 Å². The molecular weight excluding hydrogens is 337 g/mol. The molecule has 0 aliphatic carbocycles. The van der Waals surface area contributed by atoms with Crippen molar-refractivity contribution in [2.45, 2.75) is 19.5 Å². The summed E-state index contributed by atoms with van der Waals surface area (Å²) >= 11 is 3.36. The maximum absolute atomic E-state index is 13.7. The van der Waals surface area contributed by atoms with E-state index in [1.165, 1.54) is 6.07 Å². The highest BCUT2D eigenvalue weighted by Gasteiger charge is 2.11. The fraction of sp³-hybridized carbons (Fsp3) is 0.188. The summed E-state index contributed by atoms with van der Waals surface area (Å²) in [6.07, 6.45) is 0. The Bertz CT molecular complexity index is 660. The maximum atomic E-state index is 13.7. The summed E-state index contributed by atoms with van der Waals surface area (Å²) in [5, 5.41) is 12.1. The second-order valence-corrected chi connectivity index (χ2v) is 5.59. The molecule has 2 N–H and O–H groups in total. The van der Waals surface area contributed by atoms with Gasteiger partial charge in [0.15, 0.2) is 0 Å². The summed E-state index contributed by atoms with van der Waals surface area (Å²) in [5.74, 6) is -1.20. The standard InChI is InChI=1S/C16H15BrFNO2/c1-10(13-4-2-3-5-15(13)18)19-9-12-7-6-11(16(20)21)8-14(12)17/h2-8,10,19H,9H2,1H3,(H,20,21). The van der Waals surface area contributed by atoms with Crippen molar-refractivity contribution in [1.82, 2.24) is 5.32 Å². The number of hydrogen-bond donors (Lipinski definition) is 2. The lowest BCUT2D eigenvalue weighted by molar-refractivity contribution is 0.0697. The molecule has 5 heteroatoms. The van der Waals surface area contributed by atoms with Gasteiger partial charge in [-0.3, -0.25) is 0 Å². The van der Waals surface area contributed by atoms with Crippen LogP contribution in [0.3, 0.4) is 0 Å². The zero-order chi connectivity index (χ0) is 15.4. The van der Waals surface area contributed by atoms with Crippen LogP contribution in [0.4, 0.5) is 4.39 Å². The van der Waals surface area contributed by atoms with Crippen LogP contribution in [0.5, 0.6) is 0 Å². The van der Waals surface area contributed by atoms with Crippen LogP contribution in [-0.4, -0.2) is 11.1 Å². The zero-order valence-electron chi connectivity index (χ0n) is 11.4. The summed E-state index contributed by atoms with van der Waals surface area (Å²) in [6, 6.07) is 11.4. The van der Waals surface area contributed by atoms with Crippen LogP contribution in [0.1, 0.15) is 34.5 Å². The highest BCUT2D eigenvalue weighted by atomic mass is 79.9. The van der Waals surface area contributed by atoms with Crippen molar-refractivity contribution in [2.75, 3.05) is 0 Å². The van der Waals surface area contributed by atoms with E-state index in [0.29, 0.717) is 12.1 Å². The van der Waals surface area contributed by atoms with Crippen molar-refractivity contribution in [2.24, 2.45) is 0 Å². The van der Waals surface area contributed by atoms with Crippen molar-refractivity contribution in [3.05, 3.63) is 69.4 Å². The van der Waals surface area contributed by atoms with Gasteiger partial charge in [-0.25, -0.2) is 9.18 Å². The Kier molecular flexibility index (Phi) is 5.09. The van der Waals surface area contributed by atoms with E-state index in [0.717, 1.165) is 10.0 Å². The van der Waals surface area contributed by atoms with Crippen LogP contribution in [-0.2, 0) is 6.54 Å². The summed E-state index contributed by atoms with van der Waals surface area (Å²) in [4.78, 5) is 10.9. The van der Waals surface area contributed by atoms with Crippen LogP contribution >= 0.6 is 15.9 Å². The first-order valence-electron chi connectivity index (χ1n) is 6.48. The van der Waals surface area contributed by atoms with Crippen molar-refractivity contribution in [3.8, 4) is 0 Å². The van der Waals surface area contributed by atoms with E-state index >= 15 is 0 Å². The third-order valence-electron chi connectivity index (χ3n) is 3.27. The molecule has 2 aromatic carbocycles. The van der Waals surface area contributed by atoms with Crippen molar-refractivity contribution in [1.29, 1.82) is 0 Å². The first kappa shape index (κ1) is 15.7. The van der Waals surface area contributed by atoms with Crippen molar-refractivity contribution in [3.63, 3.8) is 0 Å². The van der Waals surface area contributed by atoms with Crippen LogP contribution in [0.2, 0.25) is 0 Å². The molecule has 2 rings (SSSR count). The highest BCUT2D eigenvalue weighted by molar-refractivity contribution is 9.10. The molecule has 2 aromatic rings. The van der Waals surface area contributed by atoms with Gasteiger partial charge in [-0.15, -0.1) is 0 Å². The minimum absolute atomic E-state index is 0.141. The molecule has 0 saturated heterocycles. The Labute approximate surface area is 130 Å². The first-order valence-corrected chi connectivity index (χ1v) is 7.28. The van der Waals surface area contributed by atoms with Gasteiger partial charge in [-0.1, -0.05) is 40.2 Å². The number of benzene rings is 2. The monoisotopic (exact) mass is 351 g/mol. The molecule has 0 spiro atoms. The fourth-order valence-electron chi connectivity index (χ4n) is 2.02. The van der Waals surface area contributed by atoms with Gasteiger partial charge in [0, 0.05) is 22.6 Å².